The number of hydrogen-bond acceptors (Lipinski definition) is 3. The van der Waals surface area contributed by atoms with E-state index in [1.54, 1.807) is 12.0 Å². The Kier molecular flexibility index (Phi) is 6.96. The topological polar surface area (TPSA) is 53.0 Å². The monoisotopic (exact) mass is 244 g/mol. The fourth-order valence-corrected chi connectivity index (χ4v) is 2.09. The fraction of sp³-hybridized carbons (Fsp3) is 0.917. The number of rotatable bonds is 5. The molecule has 0 saturated carbocycles. The van der Waals surface area contributed by atoms with Crippen molar-refractivity contribution in [2.45, 2.75) is 25.7 Å². The van der Waals surface area contributed by atoms with Crippen LogP contribution in [-0.4, -0.2) is 67.4 Å². The molecule has 100 valence electrons. The second-order valence-corrected chi connectivity index (χ2v) is 4.39. The maximum Gasteiger partial charge on any atom is 0.320 e. The van der Waals surface area contributed by atoms with E-state index in [1.807, 2.05) is 4.90 Å². The highest BCUT2D eigenvalue weighted by atomic mass is 16.5. The summed E-state index contributed by atoms with van der Waals surface area (Å²) in [4.78, 5) is 15.8. The highest BCUT2D eigenvalue weighted by molar-refractivity contribution is 5.74. The van der Waals surface area contributed by atoms with Gasteiger partial charge in [-0.1, -0.05) is 12.8 Å². The van der Waals surface area contributed by atoms with Crippen molar-refractivity contribution >= 4 is 6.03 Å². The Morgan fingerprint density at radius 2 is 1.88 bits per heavy atom. The average molecular weight is 244 g/mol. The van der Waals surface area contributed by atoms with Gasteiger partial charge in [0.05, 0.1) is 13.2 Å². The van der Waals surface area contributed by atoms with E-state index in [4.69, 9.17) is 9.84 Å². The minimum Gasteiger partial charge on any atom is -0.395 e. The molecule has 0 radical (unpaired) electrons. The van der Waals surface area contributed by atoms with Gasteiger partial charge in [0, 0.05) is 33.3 Å². The van der Waals surface area contributed by atoms with Crippen LogP contribution in [0.1, 0.15) is 25.7 Å². The summed E-state index contributed by atoms with van der Waals surface area (Å²) in [5, 5.41) is 8.99. The lowest BCUT2D eigenvalue weighted by molar-refractivity contribution is 0.114. The normalized spacial score (nSPS) is 16.7. The van der Waals surface area contributed by atoms with Gasteiger partial charge < -0.3 is 19.6 Å². The first-order chi connectivity index (χ1) is 8.29. The Labute approximate surface area is 103 Å². The van der Waals surface area contributed by atoms with E-state index in [0.717, 1.165) is 25.9 Å². The molecule has 1 aliphatic rings. The molecule has 1 fully saturated rings. The molecule has 0 aromatic carbocycles. The SMILES string of the molecule is COCCN(CCO)C(=O)N1CCCCCC1. The lowest BCUT2D eigenvalue weighted by atomic mass is 10.2. The van der Waals surface area contributed by atoms with Crippen molar-refractivity contribution in [3.8, 4) is 0 Å². The molecule has 1 heterocycles. The first-order valence-electron chi connectivity index (χ1n) is 6.43. The molecule has 0 aromatic rings. The molecular formula is C12H24N2O3. The summed E-state index contributed by atoms with van der Waals surface area (Å²) >= 11 is 0. The number of carbonyl (C=O) groups excluding carboxylic acids is 1. The summed E-state index contributed by atoms with van der Waals surface area (Å²) in [6.07, 6.45) is 4.59. The van der Waals surface area contributed by atoms with Crippen molar-refractivity contribution in [2.24, 2.45) is 0 Å². The number of aliphatic hydroxyl groups excluding tert-OH is 1. The van der Waals surface area contributed by atoms with Crippen molar-refractivity contribution in [2.75, 3.05) is 46.5 Å². The molecule has 0 atom stereocenters. The molecule has 0 spiro atoms. The minimum atomic E-state index is 0.00327. The Morgan fingerprint density at radius 3 is 2.41 bits per heavy atom. The second kappa shape index (κ2) is 8.31. The maximum atomic E-state index is 12.2. The van der Waals surface area contributed by atoms with Crippen LogP contribution in [0.25, 0.3) is 0 Å². The van der Waals surface area contributed by atoms with Gasteiger partial charge in [-0.3, -0.25) is 0 Å². The summed E-state index contributed by atoms with van der Waals surface area (Å²) in [6, 6.07) is 0.0398. The van der Waals surface area contributed by atoms with Crippen molar-refractivity contribution in [3.05, 3.63) is 0 Å². The molecule has 1 saturated heterocycles. The Hall–Kier alpha value is -0.810. The van der Waals surface area contributed by atoms with E-state index in [0.29, 0.717) is 19.7 Å². The van der Waals surface area contributed by atoms with Crippen LogP contribution in [0.5, 0.6) is 0 Å². The van der Waals surface area contributed by atoms with Crippen molar-refractivity contribution < 1.29 is 14.6 Å². The predicted molar refractivity (Wildman–Crippen MR) is 66.0 cm³/mol. The van der Waals surface area contributed by atoms with Crippen molar-refractivity contribution in [1.82, 2.24) is 9.80 Å². The van der Waals surface area contributed by atoms with Crippen LogP contribution in [0.2, 0.25) is 0 Å². The van der Waals surface area contributed by atoms with Gasteiger partial charge in [0.2, 0.25) is 0 Å². The molecule has 1 N–H and O–H groups in total. The lowest BCUT2D eigenvalue weighted by Gasteiger charge is -2.29. The van der Waals surface area contributed by atoms with Gasteiger partial charge in [0.1, 0.15) is 0 Å². The summed E-state index contributed by atoms with van der Waals surface area (Å²) < 4.78 is 4.99. The van der Waals surface area contributed by atoms with Crippen LogP contribution < -0.4 is 0 Å². The van der Waals surface area contributed by atoms with E-state index in [1.165, 1.54) is 12.8 Å². The van der Waals surface area contributed by atoms with Crippen LogP contribution in [0.4, 0.5) is 4.79 Å². The van der Waals surface area contributed by atoms with Gasteiger partial charge in [0.15, 0.2) is 0 Å². The van der Waals surface area contributed by atoms with Gasteiger partial charge in [-0.05, 0) is 12.8 Å². The standard InChI is InChI=1S/C12H24N2O3/c1-17-11-9-14(8-10-15)12(16)13-6-4-2-3-5-7-13/h15H,2-11H2,1H3. The molecule has 5 heteroatoms. The largest absolute Gasteiger partial charge is 0.395 e. The molecule has 2 amide bonds. The Balaban J connectivity index is 2.48. The third kappa shape index (κ3) is 4.91. The molecule has 0 aromatic heterocycles. The van der Waals surface area contributed by atoms with E-state index in [-0.39, 0.29) is 12.6 Å². The van der Waals surface area contributed by atoms with Crippen LogP contribution >= 0.6 is 0 Å². The molecule has 5 nitrogen and oxygen atoms in total. The summed E-state index contributed by atoms with van der Waals surface area (Å²) in [7, 11) is 1.62. The zero-order chi connectivity index (χ0) is 12.5. The number of ether oxygens (including phenoxy) is 1. The summed E-state index contributed by atoms with van der Waals surface area (Å²) in [6.45, 7) is 3.13. The van der Waals surface area contributed by atoms with Gasteiger partial charge >= 0.3 is 6.03 Å². The van der Waals surface area contributed by atoms with Gasteiger partial charge in [0.25, 0.3) is 0 Å². The quantitative estimate of drug-likeness (QED) is 0.782. The number of hydrogen-bond donors (Lipinski definition) is 1. The number of urea groups is 1. The van der Waals surface area contributed by atoms with Crippen LogP contribution in [0.3, 0.4) is 0 Å². The number of aliphatic hydroxyl groups is 1. The van der Waals surface area contributed by atoms with Gasteiger partial charge in [-0.2, -0.15) is 0 Å². The number of nitrogens with zero attached hydrogens (tertiary/aromatic N) is 2. The number of likely N-dealkylation sites (tertiary alicyclic amines) is 1. The highest BCUT2D eigenvalue weighted by Crippen LogP contribution is 2.11. The van der Waals surface area contributed by atoms with E-state index in [2.05, 4.69) is 0 Å². The maximum absolute atomic E-state index is 12.2. The molecule has 1 aliphatic heterocycles. The van der Waals surface area contributed by atoms with E-state index >= 15 is 0 Å². The molecule has 1 rings (SSSR count). The molecule has 17 heavy (non-hydrogen) atoms. The fourth-order valence-electron chi connectivity index (χ4n) is 2.09. The Bertz CT molecular complexity index is 216. The molecule has 0 unspecified atom stereocenters. The smallest absolute Gasteiger partial charge is 0.320 e. The van der Waals surface area contributed by atoms with Crippen LogP contribution in [0, 0.1) is 0 Å². The lowest BCUT2D eigenvalue weighted by Crippen LogP contribution is -2.46. The van der Waals surface area contributed by atoms with Crippen LogP contribution in [-0.2, 0) is 4.74 Å². The number of methoxy groups -OCH3 is 1. The summed E-state index contributed by atoms with van der Waals surface area (Å²) in [5.41, 5.74) is 0. The third-order valence-corrected chi connectivity index (χ3v) is 3.08. The average Bonchev–Trinajstić information content (AvgIpc) is 2.62. The summed E-state index contributed by atoms with van der Waals surface area (Å²) in [5.74, 6) is 0. The number of carbonyl (C=O) groups is 1. The Morgan fingerprint density at radius 1 is 1.24 bits per heavy atom. The van der Waals surface area contributed by atoms with Crippen molar-refractivity contribution in [3.63, 3.8) is 0 Å². The predicted octanol–water partition coefficient (Wildman–Crippen LogP) is 0.923. The first-order valence-corrected chi connectivity index (χ1v) is 6.43. The van der Waals surface area contributed by atoms with E-state index in [9.17, 15) is 4.79 Å². The molecular weight excluding hydrogens is 220 g/mol. The number of amides is 2. The van der Waals surface area contributed by atoms with Crippen molar-refractivity contribution in [1.29, 1.82) is 0 Å². The zero-order valence-corrected chi connectivity index (χ0v) is 10.7. The van der Waals surface area contributed by atoms with Gasteiger partial charge in [-0.25, -0.2) is 4.79 Å². The van der Waals surface area contributed by atoms with Crippen LogP contribution in [0.15, 0.2) is 0 Å². The van der Waals surface area contributed by atoms with Gasteiger partial charge in [-0.15, -0.1) is 0 Å². The third-order valence-electron chi connectivity index (χ3n) is 3.08. The van der Waals surface area contributed by atoms with E-state index < -0.39 is 0 Å². The zero-order valence-electron chi connectivity index (χ0n) is 10.7. The minimum absolute atomic E-state index is 0.00327. The molecule has 0 aliphatic carbocycles. The molecule has 0 bridgehead atoms. The second-order valence-electron chi connectivity index (χ2n) is 4.39. The first kappa shape index (κ1) is 14.3. The highest BCUT2D eigenvalue weighted by Gasteiger charge is 2.20.